The minimum absolute atomic E-state index is 0.155. The van der Waals surface area contributed by atoms with Crippen LogP contribution in [0.4, 0.5) is 4.79 Å². The summed E-state index contributed by atoms with van der Waals surface area (Å²) < 4.78 is 6.31. The van der Waals surface area contributed by atoms with E-state index in [0.717, 1.165) is 15.7 Å². The van der Waals surface area contributed by atoms with Crippen molar-refractivity contribution in [3.8, 4) is 11.3 Å². The molecular formula is C21H27BrN4O4. The SMILES string of the molecule is COC[C@H]1C[C@@H](c2ncc(-c3ccc(Br)cc3)[nH]2)N(C(=O)[C@@H](NC(=O)O)C(C)C)C1. The molecule has 30 heavy (non-hydrogen) atoms. The van der Waals surface area contributed by atoms with Crippen LogP contribution in [0.1, 0.15) is 32.1 Å². The molecule has 1 aliphatic heterocycles. The van der Waals surface area contributed by atoms with Crippen LogP contribution in [0.2, 0.25) is 0 Å². The number of imidazole rings is 1. The molecule has 0 unspecified atom stereocenters. The molecule has 1 aliphatic rings. The zero-order valence-electron chi connectivity index (χ0n) is 17.3. The first-order valence-electron chi connectivity index (χ1n) is 9.89. The van der Waals surface area contributed by atoms with Crippen LogP contribution < -0.4 is 5.32 Å². The molecule has 2 aromatic rings. The number of rotatable bonds is 7. The number of amides is 2. The normalized spacial score (nSPS) is 19.8. The van der Waals surface area contributed by atoms with Gasteiger partial charge >= 0.3 is 6.09 Å². The summed E-state index contributed by atoms with van der Waals surface area (Å²) in [5.74, 6) is 0.434. The number of nitrogens with one attached hydrogen (secondary N) is 2. The van der Waals surface area contributed by atoms with Gasteiger partial charge in [-0.15, -0.1) is 0 Å². The zero-order chi connectivity index (χ0) is 21.8. The number of halogens is 1. The number of ether oxygens (including phenoxy) is 1. The molecule has 1 aromatic carbocycles. The fourth-order valence-electron chi connectivity index (χ4n) is 3.89. The third-order valence-corrected chi connectivity index (χ3v) is 5.88. The quantitative estimate of drug-likeness (QED) is 0.562. The van der Waals surface area contributed by atoms with E-state index in [-0.39, 0.29) is 23.8 Å². The number of aromatic amines is 1. The van der Waals surface area contributed by atoms with Crippen molar-refractivity contribution in [2.75, 3.05) is 20.3 Å². The number of carbonyl (C=O) groups excluding carboxylic acids is 1. The van der Waals surface area contributed by atoms with E-state index in [1.807, 2.05) is 38.1 Å². The van der Waals surface area contributed by atoms with Gasteiger partial charge in [-0.2, -0.15) is 0 Å². The highest BCUT2D eigenvalue weighted by Crippen LogP contribution is 2.36. The molecule has 0 aliphatic carbocycles. The molecule has 2 heterocycles. The van der Waals surface area contributed by atoms with Crippen LogP contribution in [0, 0.1) is 11.8 Å². The number of hydrogen-bond donors (Lipinski definition) is 3. The molecule has 1 saturated heterocycles. The minimum atomic E-state index is -1.21. The maximum atomic E-state index is 13.3. The zero-order valence-corrected chi connectivity index (χ0v) is 18.8. The second-order valence-electron chi connectivity index (χ2n) is 7.92. The van der Waals surface area contributed by atoms with Gasteiger partial charge in [-0.1, -0.05) is 41.9 Å². The number of benzene rings is 1. The van der Waals surface area contributed by atoms with Gasteiger partial charge in [-0.25, -0.2) is 9.78 Å². The molecule has 8 nitrogen and oxygen atoms in total. The van der Waals surface area contributed by atoms with E-state index in [2.05, 4.69) is 31.2 Å². The van der Waals surface area contributed by atoms with Crippen LogP contribution in [0.15, 0.2) is 34.9 Å². The summed E-state index contributed by atoms with van der Waals surface area (Å²) in [5, 5.41) is 11.5. The molecule has 2 amide bonds. The Balaban J connectivity index is 1.87. The number of carbonyl (C=O) groups is 2. The second kappa shape index (κ2) is 9.61. The lowest BCUT2D eigenvalue weighted by atomic mass is 10.0. The maximum absolute atomic E-state index is 13.3. The van der Waals surface area contributed by atoms with E-state index in [1.165, 1.54) is 0 Å². The van der Waals surface area contributed by atoms with Gasteiger partial charge < -0.3 is 25.0 Å². The highest BCUT2D eigenvalue weighted by atomic mass is 79.9. The Morgan fingerprint density at radius 1 is 1.37 bits per heavy atom. The topological polar surface area (TPSA) is 108 Å². The smallest absolute Gasteiger partial charge is 0.405 e. The Labute approximate surface area is 184 Å². The monoisotopic (exact) mass is 478 g/mol. The molecule has 1 aromatic heterocycles. The molecule has 3 atom stereocenters. The molecule has 162 valence electrons. The highest BCUT2D eigenvalue weighted by Gasteiger charge is 2.41. The van der Waals surface area contributed by atoms with Crippen molar-refractivity contribution < 1.29 is 19.4 Å². The number of hydrogen-bond acceptors (Lipinski definition) is 4. The van der Waals surface area contributed by atoms with Gasteiger partial charge in [0.1, 0.15) is 11.9 Å². The first-order valence-corrected chi connectivity index (χ1v) is 10.7. The molecule has 9 heteroatoms. The van der Waals surface area contributed by atoms with Gasteiger partial charge in [0.25, 0.3) is 0 Å². The van der Waals surface area contributed by atoms with E-state index in [9.17, 15) is 9.59 Å². The molecule has 0 radical (unpaired) electrons. The Morgan fingerprint density at radius 2 is 2.07 bits per heavy atom. The van der Waals surface area contributed by atoms with E-state index >= 15 is 0 Å². The van der Waals surface area contributed by atoms with E-state index < -0.39 is 12.1 Å². The Morgan fingerprint density at radius 3 is 2.67 bits per heavy atom. The summed E-state index contributed by atoms with van der Waals surface area (Å²) in [6, 6.07) is 6.81. The van der Waals surface area contributed by atoms with Gasteiger partial charge in [0.05, 0.1) is 24.5 Å². The van der Waals surface area contributed by atoms with Crippen molar-refractivity contribution in [3.63, 3.8) is 0 Å². The van der Waals surface area contributed by atoms with Crippen molar-refractivity contribution in [1.29, 1.82) is 0 Å². The Kier molecular flexibility index (Phi) is 7.14. The average Bonchev–Trinajstić information content (AvgIpc) is 3.33. The summed E-state index contributed by atoms with van der Waals surface area (Å²) in [6.45, 7) is 4.68. The van der Waals surface area contributed by atoms with Crippen molar-refractivity contribution in [3.05, 3.63) is 40.8 Å². The predicted molar refractivity (Wildman–Crippen MR) is 116 cm³/mol. The van der Waals surface area contributed by atoms with Gasteiger partial charge in [0.2, 0.25) is 5.91 Å². The largest absolute Gasteiger partial charge is 0.465 e. The lowest BCUT2D eigenvalue weighted by Crippen LogP contribution is -2.51. The summed E-state index contributed by atoms with van der Waals surface area (Å²) in [5.41, 5.74) is 1.86. The van der Waals surface area contributed by atoms with Crippen LogP contribution in [-0.2, 0) is 9.53 Å². The van der Waals surface area contributed by atoms with Gasteiger partial charge in [0, 0.05) is 24.0 Å². The summed E-state index contributed by atoms with van der Waals surface area (Å²) in [6.07, 6.45) is 1.26. The Bertz CT molecular complexity index is 883. The average molecular weight is 479 g/mol. The van der Waals surface area contributed by atoms with Gasteiger partial charge in [0.15, 0.2) is 0 Å². The van der Waals surface area contributed by atoms with Crippen molar-refractivity contribution in [2.24, 2.45) is 11.8 Å². The molecule has 0 saturated carbocycles. The molecule has 0 spiro atoms. The summed E-state index contributed by atoms with van der Waals surface area (Å²) >= 11 is 3.43. The van der Waals surface area contributed by atoms with Gasteiger partial charge in [-0.3, -0.25) is 4.79 Å². The number of methoxy groups -OCH3 is 1. The third-order valence-electron chi connectivity index (χ3n) is 5.35. The van der Waals surface area contributed by atoms with E-state index in [0.29, 0.717) is 25.4 Å². The lowest BCUT2D eigenvalue weighted by Gasteiger charge is -2.29. The first kappa shape index (κ1) is 22.3. The number of aromatic nitrogens is 2. The van der Waals surface area contributed by atoms with Gasteiger partial charge in [-0.05, 0) is 30.0 Å². The standard InChI is InChI=1S/C21H27BrN4O4/c1-12(2)18(25-21(28)29)20(27)26-10-13(11-30-3)8-17(26)19-23-9-16(24-19)14-4-6-15(22)7-5-14/h4-7,9,12-13,17-18,25H,8,10-11H2,1-3H3,(H,23,24)(H,28,29)/t13-,17-,18-/m0/s1. The molecular weight excluding hydrogens is 452 g/mol. The van der Waals surface area contributed by atoms with Crippen LogP contribution in [0.25, 0.3) is 11.3 Å². The Hall–Kier alpha value is -2.39. The summed E-state index contributed by atoms with van der Waals surface area (Å²) in [4.78, 5) is 34.1. The number of likely N-dealkylation sites (tertiary alicyclic amines) is 1. The maximum Gasteiger partial charge on any atom is 0.405 e. The molecule has 1 fully saturated rings. The first-order chi connectivity index (χ1) is 14.3. The van der Waals surface area contributed by atoms with Crippen molar-refractivity contribution in [1.82, 2.24) is 20.2 Å². The fraction of sp³-hybridized carbons (Fsp3) is 0.476. The van der Waals surface area contributed by atoms with E-state index in [4.69, 9.17) is 9.84 Å². The third kappa shape index (κ3) is 5.02. The molecule has 3 rings (SSSR count). The van der Waals surface area contributed by atoms with Crippen molar-refractivity contribution >= 4 is 27.9 Å². The van der Waals surface area contributed by atoms with E-state index in [1.54, 1.807) is 18.2 Å². The van der Waals surface area contributed by atoms with Crippen LogP contribution in [0.3, 0.4) is 0 Å². The number of H-pyrrole nitrogens is 1. The summed E-state index contributed by atoms with van der Waals surface area (Å²) in [7, 11) is 1.64. The number of nitrogens with zero attached hydrogens (tertiary/aromatic N) is 2. The van der Waals surface area contributed by atoms with Crippen LogP contribution in [-0.4, -0.2) is 58.3 Å². The molecule has 0 bridgehead atoms. The van der Waals surface area contributed by atoms with Crippen LogP contribution >= 0.6 is 15.9 Å². The second-order valence-corrected chi connectivity index (χ2v) is 8.84. The molecule has 3 N–H and O–H groups in total. The van der Waals surface area contributed by atoms with Crippen molar-refractivity contribution in [2.45, 2.75) is 32.4 Å². The highest BCUT2D eigenvalue weighted by molar-refractivity contribution is 9.10. The lowest BCUT2D eigenvalue weighted by molar-refractivity contribution is -0.135. The van der Waals surface area contributed by atoms with Crippen LogP contribution in [0.5, 0.6) is 0 Å². The predicted octanol–water partition coefficient (Wildman–Crippen LogP) is 3.67. The number of carboxylic acid groups (broad SMARTS) is 1. The minimum Gasteiger partial charge on any atom is -0.465 e. The fourth-order valence-corrected chi connectivity index (χ4v) is 4.15.